The molecule has 194 valence electrons. The van der Waals surface area contributed by atoms with Gasteiger partial charge in [-0.15, -0.1) is 0 Å². The maximum absolute atomic E-state index is 14.7. The van der Waals surface area contributed by atoms with Crippen LogP contribution < -0.4 is 20.1 Å². The molecule has 8 nitrogen and oxygen atoms in total. The normalized spacial score (nSPS) is 15.8. The monoisotopic (exact) mass is 506 g/mol. The van der Waals surface area contributed by atoms with Crippen molar-refractivity contribution in [2.75, 3.05) is 26.7 Å². The van der Waals surface area contributed by atoms with Crippen molar-refractivity contribution < 1.29 is 23.5 Å². The summed E-state index contributed by atoms with van der Waals surface area (Å²) < 4.78 is 26.1. The summed E-state index contributed by atoms with van der Waals surface area (Å²) in [4.78, 5) is 31.7. The number of rotatable bonds is 3. The van der Waals surface area contributed by atoms with E-state index in [9.17, 15) is 14.0 Å². The Hall–Kier alpha value is -3.98. The van der Waals surface area contributed by atoms with E-state index in [1.807, 2.05) is 12.1 Å². The molecule has 3 aromatic rings. The van der Waals surface area contributed by atoms with Crippen molar-refractivity contribution in [3.05, 3.63) is 83.4 Å². The van der Waals surface area contributed by atoms with E-state index in [0.29, 0.717) is 49.5 Å². The molecule has 2 aliphatic heterocycles. The summed E-state index contributed by atoms with van der Waals surface area (Å²) in [6, 6.07) is 13.3. The van der Waals surface area contributed by atoms with Crippen LogP contribution in [0.3, 0.4) is 0 Å². The van der Waals surface area contributed by atoms with Crippen molar-refractivity contribution in [2.24, 2.45) is 0 Å². The van der Waals surface area contributed by atoms with Gasteiger partial charge in [-0.25, -0.2) is 4.39 Å². The van der Waals surface area contributed by atoms with Crippen LogP contribution in [0.4, 0.5) is 4.39 Å². The average Bonchev–Trinajstić information content (AvgIpc) is 2.91. The molecule has 0 saturated heterocycles. The predicted octanol–water partition coefficient (Wildman–Crippen LogP) is 4.05. The summed E-state index contributed by atoms with van der Waals surface area (Å²) >= 11 is 0. The zero-order chi connectivity index (χ0) is 26.0. The third kappa shape index (κ3) is 7.27. The number of aromatic nitrogens is 1. The van der Waals surface area contributed by atoms with Crippen molar-refractivity contribution in [3.8, 4) is 17.2 Å². The van der Waals surface area contributed by atoms with Gasteiger partial charge in [0.1, 0.15) is 11.6 Å². The number of ether oxygens (including phenoxy) is 2. The average molecular weight is 507 g/mol. The van der Waals surface area contributed by atoms with Crippen LogP contribution in [0.25, 0.3) is 0 Å². The van der Waals surface area contributed by atoms with Crippen LogP contribution in [0.15, 0.2) is 60.9 Å². The van der Waals surface area contributed by atoms with Crippen LogP contribution >= 0.6 is 0 Å². The quantitative estimate of drug-likeness (QED) is 0.557. The maximum atomic E-state index is 14.7. The molecule has 37 heavy (non-hydrogen) atoms. The molecular formula is C28H31FN4O4. The Kier molecular flexibility index (Phi) is 9.04. The Morgan fingerprint density at radius 2 is 1.84 bits per heavy atom. The number of halogens is 1. The molecule has 3 heterocycles. The number of carbonyl (C=O) groups excluding carboxylic acids is 2. The molecule has 0 unspecified atom stereocenters. The smallest absolute Gasteiger partial charge is 0.251 e. The molecule has 5 rings (SSSR count). The van der Waals surface area contributed by atoms with Crippen molar-refractivity contribution in [3.63, 3.8) is 0 Å². The van der Waals surface area contributed by atoms with Crippen molar-refractivity contribution in [2.45, 2.75) is 32.4 Å². The molecule has 2 aromatic carbocycles. The topological polar surface area (TPSA) is 92.8 Å². The Bertz CT molecular complexity index is 1220. The van der Waals surface area contributed by atoms with Gasteiger partial charge in [0.15, 0.2) is 11.5 Å². The fourth-order valence-corrected chi connectivity index (χ4v) is 4.18. The highest BCUT2D eigenvalue weighted by atomic mass is 19.1. The zero-order valence-corrected chi connectivity index (χ0v) is 20.8. The highest BCUT2D eigenvalue weighted by molar-refractivity contribution is 5.94. The van der Waals surface area contributed by atoms with Crippen molar-refractivity contribution >= 4 is 11.8 Å². The lowest BCUT2D eigenvalue weighted by atomic mass is 10.1. The number of hydrogen-bond donors (Lipinski definition) is 2. The molecule has 0 spiro atoms. The molecule has 0 fully saturated rings. The number of benzene rings is 2. The Balaban J connectivity index is 1.56. The minimum Gasteiger partial charge on any atom is -0.493 e. The summed E-state index contributed by atoms with van der Waals surface area (Å²) in [5.74, 6) is 0.0736. The fourth-order valence-electron chi connectivity index (χ4n) is 4.18. The van der Waals surface area contributed by atoms with Crippen LogP contribution in [-0.4, -0.2) is 48.4 Å². The van der Waals surface area contributed by atoms with Gasteiger partial charge in [-0.3, -0.25) is 19.5 Å². The minimum absolute atomic E-state index is 0.00955. The standard InChI is InChI=1S/C28H31FN4O4/c1-36-26-17-21-8-9-25(26)37-24-6-2-5-23(29)22(24)18-32-27(34)7-3-15-33(16-4-12-31-28(21)35)19-20-10-13-30-14-11-20/h2,5-6,8-11,13-14,17H,3-4,7,12,15-16,18-19H2,1H3,(H,31,35)(H,32,34). The van der Waals surface area contributed by atoms with E-state index in [4.69, 9.17) is 9.47 Å². The lowest BCUT2D eigenvalue weighted by molar-refractivity contribution is -0.121. The van der Waals surface area contributed by atoms with Crippen LogP contribution in [0.5, 0.6) is 17.2 Å². The SMILES string of the molecule is COc1cc2ccc1Oc1cccc(F)c1CNC(=O)CCCN(Cc1ccncc1)CCCNC2=O. The number of hydrogen-bond acceptors (Lipinski definition) is 6. The number of nitrogens with one attached hydrogen (secondary N) is 2. The minimum atomic E-state index is -0.484. The molecule has 0 aliphatic carbocycles. The van der Waals surface area contributed by atoms with Gasteiger partial charge in [-0.05, 0) is 67.4 Å². The lowest BCUT2D eigenvalue weighted by Crippen LogP contribution is -2.31. The van der Waals surface area contributed by atoms with Crippen LogP contribution in [0.2, 0.25) is 0 Å². The van der Waals surface area contributed by atoms with E-state index in [1.165, 1.54) is 19.2 Å². The summed E-state index contributed by atoms with van der Waals surface area (Å²) in [5, 5.41) is 5.77. The Labute approximate surface area is 215 Å². The molecule has 0 saturated carbocycles. The number of nitrogens with zero attached hydrogens (tertiary/aromatic N) is 2. The van der Waals surface area contributed by atoms with Gasteiger partial charge in [-0.1, -0.05) is 6.07 Å². The third-order valence-corrected chi connectivity index (χ3v) is 6.15. The number of amides is 2. The lowest BCUT2D eigenvalue weighted by Gasteiger charge is -2.22. The first-order valence-corrected chi connectivity index (χ1v) is 12.3. The van der Waals surface area contributed by atoms with Crippen LogP contribution in [0.1, 0.15) is 40.7 Å². The third-order valence-electron chi connectivity index (χ3n) is 6.15. The molecule has 2 N–H and O–H groups in total. The second-order valence-corrected chi connectivity index (χ2v) is 8.81. The number of fused-ring (bicyclic) bond motifs is 13. The highest BCUT2D eigenvalue weighted by Gasteiger charge is 2.17. The van der Waals surface area contributed by atoms with Gasteiger partial charge in [0, 0.05) is 56.1 Å². The fraction of sp³-hybridized carbons (Fsp3) is 0.321. The number of carbonyl (C=O) groups is 2. The van der Waals surface area contributed by atoms with E-state index < -0.39 is 5.82 Å². The molecule has 2 amide bonds. The van der Waals surface area contributed by atoms with Gasteiger partial charge >= 0.3 is 0 Å². The van der Waals surface area contributed by atoms with Crippen molar-refractivity contribution in [1.29, 1.82) is 0 Å². The van der Waals surface area contributed by atoms with E-state index in [-0.39, 0.29) is 29.7 Å². The van der Waals surface area contributed by atoms with Gasteiger partial charge in [-0.2, -0.15) is 0 Å². The van der Waals surface area contributed by atoms with E-state index in [1.54, 1.807) is 36.7 Å². The summed E-state index contributed by atoms with van der Waals surface area (Å²) in [6.45, 7) is 2.66. The second-order valence-electron chi connectivity index (χ2n) is 8.81. The first-order valence-electron chi connectivity index (χ1n) is 12.3. The zero-order valence-electron chi connectivity index (χ0n) is 20.8. The summed E-state index contributed by atoms with van der Waals surface area (Å²) in [6.07, 6.45) is 5.21. The summed E-state index contributed by atoms with van der Waals surface area (Å²) in [7, 11) is 1.48. The largest absolute Gasteiger partial charge is 0.493 e. The van der Waals surface area contributed by atoms with Crippen molar-refractivity contribution in [1.82, 2.24) is 20.5 Å². The molecular weight excluding hydrogens is 475 g/mol. The first kappa shape index (κ1) is 26.1. The van der Waals surface area contributed by atoms with E-state index >= 15 is 0 Å². The maximum Gasteiger partial charge on any atom is 0.251 e. The molecule has 1 aromatic heterocycles. The Morgan fingerprint density at radius 3 is 2.65 bits per heavy atom. The molecule has 0 atom stereocenters. The molecule has 2 aliphatic rings. The van der Waals surface area contributed by atoms with E-state index in [0.717, 1.165) is 18.5 Å². The van der Waals surface area contributed by atoms with Gasteiger partial charge in [0.05, 0.1) is 7.11 Å². The number of methoxy groups -OCH3 is 1. The molecule has 2 bridgehead atoms. The van der Waals surface area contributed by atoms with Gasteiger partial charge < -0.3 is 20.1 Å². The van der Waals surface area contributed by atoms with Crippen LogP contribution in [-0.2, 0) is 17.9 Å². The Morgan fingerprint density at radius 1 is 1.03 bits per heavy atom. The second kappa shape index (κ2) is 12.8. The summed E-state index contributed by atoms with van der Waals surface area (Å²) in [5.41, 5.74) is 1.79. The predicted molar refractivity (Wildman–Crippen MR) is 137 cm³/mol. The number of pyridine rings is 1. The van der Waals surface area contributed by atoms with Gasteiger partial charge in [0.25, 0.3) is 5.91 Å². The highest BCUT2D eigenvalue weighted by Crippen LogP contribution is 2.34. The first-order chi connectivity index (χ1) is 18.0. The van der Waals surface area contributed by atoms with Crippen LogP contribution in [0, 0.1) is 5.82 Å². The molecule has 9 heteroatoms. The molecule has 0 radical (unpaired) electrons. The van der Waals surface area contributed by atoms with E-state index in [2.05, 4.69) is 20.5 Å². The van der Waals surface area contributed by atoms with Gasteiger partial charge in [0.2, 0.25) is 5.91 Å².